The number of unbranched alkanes of at least 4 members (excludes halogenated alkanes) is 2. The lowest BCUT2D eigenvalue weighted by Crippen LogP contribution is -2.53. The highest BCUT2D eigenvalue weighted by molar-refractivity contribution is 6.74. The predicted octanol–water partition coefficient (Wildman–Crippen LogP) is 10.1. The number of amides is 1. The van der Waals surface area contributed by atoms with E-state index in [9.17, 15) is 19.5 Å². The van der Waals surface area contributed by atoms with Crippen LogP contribution in [0.15, 0.2) is 138 Å². The molecule has 4 N–H and O–H groups in total. The number of esters is 1. The third-order valence-electron chi connectivity index (χ3n) is 14.3. The van der Waals surface area contributed by atoms with E-state index in [-0.39, 0.29) is 34.6 Å². The first-order valence-corrected chi connectivity index (χ1v) is 27.7. The highest BCUT2D eigenvalue weighted by Gasteiger charge is 2.46. The van der Waals surface area contributed by atoms with Gasteiger partial charge in [-0.2, -0.15) is 0 Å². The van der Waals surface area contributed by atoms with Gasteiger partial charge in [0, 0.05) is 41.4 Å². The number of hydrogen-bond acceptors (Lipinski definition) is 10. The van der Waals surface area contributed by atoms with Gasteiger partial charge in [-0.05, 0) is 141 Å². The molecule has 1 aromatic heterocycles. The van der Waals surface area contributed by atoms with E-state index in [0.717, 1.165) is 68.3 Å². The number of carbonyl (C=O) groups excluding carboxylic acids is 2. The van der Waals surface area contributed by atoms with Gasteiger partial charge in [0.05, 0.1) is 18.2 Å². The first-order chi connectivity index (χ1) is 33.7. The topological polar surface area (TPSA) is 151 Å². The molecule has 6 aromatic rings. The maximum atomic E-state index is 14.0. The number of aliphatic hydroxyl groups is 1. The summed E-state index contributed by atoms with van der Waals surface area (Å²) in [7, 11) is -2.20. The summed E-state index contributed by atoms with van der Waals surface area (Å²) in [6.07, 6.45) is 4.18. The second kappa shape index (κ2) is 22.3. The summed E-state index contributed by atoms with van der Waals surface area (Å²) >= 11 is 0. The first-order valence-electron chi connectivity index (χ1n) is 24.8. The van der Waals surface area contributed by atoms with Crippen LogP contribution in [0.5, 0.6) is 11.5 Å². The van der Waals surface area contributed by atoms with Gasteiger partial charge >= 0.3 is 5.97 Å². The first kappa shape index (κ1) is 50.3. The van der Waals surface area contributed by atoms with Crippen LogP contribution in [0.4, 0.5) is 5.69 Å². The standard InChI is InChI=1S/C57H68N4O8Si/c1-56(2,3)70(4,5)69-50(47-26-28-49(53-48(47)27-29-52(62)60-53)67-39-40-16-9-6-10-17-40)37-58-32-13-8-14-35-66-46-24-22-42(23-25-46)54(63)59-45-21-15-20-44(36-45)57(65,43-18-11-7-12-19-43)55(64)68-51-38-61-33-30-41(51)31-34-61/h6-7,9-12,15-29,36,41,50-51,58,65H,8,13-14,30-35,37-39H2,1-5H3,(H,59,63)(H,60,62)/t50-,51?,57+/m0/s1. The summed E-state index contributed by atoms with van der Waals surface area (Å²) in [5.74, 6) is 0.519. The number of aromatic amines is 1. The summed E-state index contributed by atoms with van der Waals surface area (Å²) in [5.41, 5.74) is 2.03. The zero-order valence-corrected chi connectivity index (χ0v) is 42.2. The molecule has 1 amide bonds. The Morgan fingerprint density at radius 2 is 1.53 bits per heavy atom. The van der Waals surface area contributed by atoms with Crippen molar-refractivity contribution in [1.82, 2.24) is 15.2 Å². The number of pyridine rings is 1. The molecule has 0 aliphatic carbocycles. The third kappa shape index (κ3) is 12.1. The molecule has 3 saturated heterocycles. The number of H-pyrrole nitrogens is 1. The molecule has 13 heteroatoms. The summed E-state index contributed by atoms with van der Waals surface area (Å²) in [5, 5.41) is 19.7. The Labute approximate surface area is 412 Å². The van der Waals surface area contributed by atoms with E-state index in [1.54, 1.807) is 78.9 Å². The zero-order valence-electron chi connectivity index (χ0n) is 41.2. The Balaban J connectivity index is 0.824. The van der Waals surface area contributed by atoms with Crippen LogP contribution in [0.2, 0.25) is 18.1 Å². The third-order valence-corrected chi connectivity index (χ3v) is 18.8. The molecule has 3 fully saturated rings. The number of nitrogens with one attached hydrogen (secondary N) is 3. The predicted molar refractivity (Wildman–Crippen MR) is 278 cm³/mol. The molecule has 12 nitrogen and oxygen atoms in total. The number of ether oxygens (including phenoxy) is 3. The quantitative estimate of drug-likeness (QED) is 0.0312. The van der Waals surface area contributed by atoms with Crippen LogP contribution < -0.4 is 25.7 Å². The van der Waals surface area contributed by atoms with Crippen LogP contribution in [0.25, 0.3) is 10.9 Å². The Morgan fingerprint density at radius 3 is 2.23 bits per heavy atom. The number of benzene rings is 5. The number of aromatic nitrogens is 1. The number of anilines is 1. The highest BCUT2D eigenvalue weighted by atomic mass is 28.4. The lowest BCUT2D eigenvalue weighted by atomic mass is 9.84. The summed E-state index contributed by atoms with van der Waals surface area (Å²) < 4.78 is 25.5. The number of rotatable bonds is 21. The van der Waals surface area contributed by atoms with Gasteiger partial charge in [0.15, 0.2) is 8.32 Å². The fourth-order valence-corrected chi connectivity index (χ4v) is 10.4. The molecule has 1 unspecified atom stereocenters. The average Bonchev–Trinajstić information content (AvgIpc) is 3.36. The van der Waals surface area contributed by atoms with E-state index < -0.39 is 19.9 Å². The van der Waals surface area contributed by atoms with Crippen molar-refractivity contribution in [2.45, 2.75) is 95.4 Å². The number of piperidine rings is 3. The smallest absolute Gasteiger partial charge is 0.348 e. The lowest BCUT2D eigenvalue weighted by molar-refractivity contribution is -0.177. The van der Waals surface area contributed by atoms with Crippen molar-refractivity contribution >= 4 is 36.8 Å². The van der Waals surface area contributed by atoms with Gasteiger partial charge in [0.25, 0.3) is 5.91 Å². The number of fused-ring (bicyclic) bond motifs is 4. The molecule has 0 spiro atoms. The fraction of sp³-hybridized carbons (Fsp3) is 0.386. The Morgan fingerprint density at radius 1 is 0.814 bits per heavy atom. The van der Waals surface area contributed by atoms with Crippen LogP contribution in [0.3, 0.4) is 0 Å². The van der Waals surface area contributed by atoms with Crippen molar-refractivity contribution in [3.05, 3.63) is 172 Å². The zero-order chi connectivity index (χ0) is 49.3. The Hall–Kier alpha value is -6.09. The van der Waals surface area contributed by atoms with Crippen molar-refractivity contribution in [3.8, 4) is 11.5 Å². The molecule has 70 heavy (non-hydrogen) atoms. The van der Waals surface area contributed by atoms with Gasteiger partial charge in [-0.25, -0.2) is 4.79 Å². The van der Waals surface area contributed by atoms with Crippen molar-refractivity contribution in [1.29, 1.82) is 0 Å². The number of nitrogens with zero attached hydrogens (tertiary/aromatic N) is 1. The van der Waals surface area contributed by atoms with E-state index >= 15 is 0 Å². The van der Waals surface area contributed by atoms with Gasteiger partial charge in [-0.15, -0.1) is 0 Å². The minimum Gasteiger partial charge on any atom is -0.494 e. The van der Waals surface area contributed by atoms with E-state index in [1.165, 1.54) is 0 Å². The minimum absolute atomic E-state index is 0.00202. The normalized spacial score (nSPS) is 18.2. The van der Waals surface area contributed by atoms with Crippen LogP contribution >= 0.6 is 0 Å². The van der Waals surface area contributed by atoms with Gasteiger partial charge in [0.2, 0.25) is 11.2 Å². The van der Waals surface area contributed by atoms with E-state index in [2.05, 4.69) is 60.4 Å². The fourth-order valence-electron chi connectivity index (χ4n) is 9.16. The minimum atomic E-state index is -2.20. The molecule has 2 bridgehead atoms. The molecule has 0 radical (unpaired) electrons. The molecule has 9 rings (SSSR count). The molecule has 3 aliphatic rings. The van der Waals surface area contributed by atoms with Gasteiger partial charge < -0.3 is 39.4 Å². The van der Waals surface area contributed by atoms with Gasteiger partial charge in [0.1, 0.15) is 24.2 Å². The summed E-state index contributed by atoms with van der Waals surface area (Å²) in [6.45, 7) is 16.3. The van der Waals surface area contributed by atoms with Crippen molar-refractivity contribution < 1.29 is 33.3 Å². The Kier molecular flexibility index (Phi) is 16.0. The van der Waals surface area contributed by atoms with Crippen LogP contribution in [-0.4, -0.2) is 80.6 Å². The van der Waals surface area contributed by atoms with Gasteiger partial charge in [-0.1, -0.05) is 99.6 Å². The molecule has 3 aliphatic heterocycles. The monoisotopic (exact) mass is 964 g/mol. The van der Waals surface area contributed by atoms with Crippen molar-refractivity contribution in [3.63, 3.8) is 0 Å². The second-order valence-corrected chi connectivity index (χ2v) is 25.0. The van der Waals surface area contributed by atoms with Gasteiger partial charge in [-0.3, -0.25) is 14.5 Å². The SMILES string of the molecule is CC(C)(C)[Si](C)(C)O[C@@H](CNCCCCCOc1ccc(C(=O)Nc2cccc([C@@](O)(C(=O)OC3CN4CCC3CC4)c3ccccc3)c2)cc1)c1ccc(OCc2ccccc2)c2[nH]c(=O)ccc12. The Bertz CT molecular complexity index is 2750. The average molecular weight is 965 g/mol. The van der Waals surface area contributed by atoms with E-state index in [4.69, 9.17) is 18.6 Å². The largest absolute Gasteiger partial charge is 0.494 e. The molecular weight excluding hydrogens is 897 g/mol. The molecular formula is C57H68N4O8Si. The lowest BCUT2D eigenvalue weighted by Gasteiger charge is -2.44. The van der Waals surface area contributed by atoms with Crippen molar-refractivity contribution in [2.24, 2.45) is 5.92 Å². The van der Waals surface area contributed by atoms with Crippen LogP contribution in [0, 0.1) is 5.92 Å². The van der Waals surface area contributed by atoms with Crippen LogP contribution in [-0.2, 0) is 26.2 Å². The number of hydrogen-bond donors (Lipinski definition) is 4. The maximum absolute atomic E-state index is 14.0. The van der Waals surface area contributed by atoms with Crippen molar-refractivity contribution in [2.75, 3.05) is 44.6 Å². The summed E-state index contributed by atoms with van der Waals surface area (Å²) in [6, 6.07) is 40.0. The second-order valence-electron chi connectivity index (χ2n) is 20.2. The molecule has 5 aromatic carbocycles. The molecule has 4 heterocycles. The molecule has 368 valence electrons. The number of carbonyl (C=O) groups is 2. The van der Waals surface area contributed by atoms with E-state index in [1.807, 2.05) is 48.5 Å². The molecule has 0 saturated carbocycles. The molecule has 3 atom stereocenters. The van der Waals surface area contributed by atoms with Crippen LogP contribution in [0.1, 0.15) is 91.6 Å². The maximum Gasteiger partial charge on any atom is 0.348 e. The van der Waals surface area contributed by atoms with E-state index in [0.29, 0.717) is 65.7 Å². The highest BCUT2D eigenvalue weighted by Crippen LogP contribution is 2.42. The summed E-state index contributed by atoms with van der Waals surface area (Å²) in [4.78, 5) is 45.4.